The van der Waals surface area contributed by atoms with Crippen LogP contribution in [0.3, 0.4) is 0 Å². The second kappa shape index (κ2) is 10.1. The van der Waals surface area contributed by atoms with Crippen LogP contribution in [0.15, 0.2) is 0 Å². The molecule has 0 amide bonds. The fraction of sp³-hybridized carbons (Fsp3) is 0.500. The average Bonchev–Trinajstić information content (AvgIpc) is 2.14. The summed E-state index contributed by atoms with van der Waals surface area (Å²) < 4.78 is 94.6. The molecule has 0 aromatic rings. The van der Waals surface area contributed by atoms with Crippen molar-refractivity contribution in [1.82, 2.24) is 0 Å². The maximum absolute atomic E-state index is 10.5. The van der Waals surface area contributed by atoms with E-state index in [4.69, 9.17) is 29.7 Å². The number of aliphatic carboxylic acids is 3. The number of carbonyl (C=O) groups excluding carboxylic acids is 3. The third-order valence-corrected chi connectivity index (χ3v) is 0.694. The molecule has 22 heavy (non-hydrogen) atoms. The molecule has 0 aliphatic carbocycles. The molecule has 130 valence electrons. The van der Waals surface area contributed by atoms with Gasteiger partial charge >= 0.3 is 35.6 Å². The predicted molar refractivity (Wildman–Crippen MR) is 33.2 cm³/mol. The molecule has 0 bridgehead atoms. The van der Waals surface area contributed by atoms with Crippen LogP contribution in [-0.2, 0) is 31.5 Å². The molecule has 0 rings (SSSR count). The average molecular weight is 394 g/mol. The number of carbonyl (C=O) groups is 3. The van der Waals surface area contributed by atoms with E-state index in [0.29, 0.717) is 0 Å². The van der Waals surface area contributed by atoms with Gasteiger partial charge in [0.15, 0.2) is 0 Å². The summed E-state index contributed by atoms with van der Waals surface area (Å²) in [5, 5.41) is 26.4. The first-order valence-corrected chi connectivity index (χ1v) is 3.68. The van der Waals surface area contributed by atoms with Gasteiger partial charge in [0.05, 0.1) is 0 Å². The van der Waals surface area contributed by atoms with Crippen molar-refractivity contribution >= 4 is 17.9 Å². The molecule has 0 N–H and O–H groups in total. The Morgan fingerprint density at radius 3 is 0.545 bits per heavy atom. The van der Waals surface area contributed by atoms with Crippen molar-refractivity contribution < 1.29 is 86.3 Å². The van der Waals surface area contributed by atoms with Crippen molar-refractivity contribution in [2.75, 3.05) is 0 Å². The zero-order chi connectivity index (χ0) is 18.2. The summed E-state index contributed by atoms with van der Waals surface area (Å²) in [4.78, 5) is 26.4. The number of hydrogen-bond donors (Lipinski definition) is 0. The molecule has 6 nitrogen and oxygen atoms in total. The largest absolute Gasteiger partial charge is 3.00 e. The minimum absolute atomic E-state index is 0. The van der Waals surface area contributed by atoms with Gasteiger partial charge in [-0.2, -0.15) is 39.5 Å². The van der Waals surface area contributed by atoms with Gasteiger partial charge in [-0.25, -0.2) is 0 Å². The Morgan fingerprint density at radius 2 is 0.545 bits per heavy atom. The van der Waals surface area contributed by atoms with Crippen LogP contribution in [0.25, 0.3) is 0 Å². The Labute approximate surface area is 124 Å². The molecular weight excluding hydrogens is 394 g/mol. The first kappa shape index (κ1) is 28.5. The number of halogens is 9. The molecule has 0 radical (unpaired) electrons. The fourth-order valence-corrected chi connectivity index (χ4v) is 0. The molecule has 0 unspecified atom stereocenters. The summed E-state index contributed by atoms with van der Waals surface area (Å²) in [6.45, 7) is 0. The number of hydrogen-bond acceptors (Lipinski definition) is 6. The van der Waals surface area contributed by atoms with E-state index in [1.165, 1.54) is 0 Å². The van der Waals surface area contributed by atoms with Gasteiger partial charge in [-0.3, -0.25) is 0 Å². The van der Waals surface area contributed by atoms with Crippen molar-refractivity contribution in [3.05, 3.63) is 0 Å². The summed E-state index contributed by atoms with van der Waals surface area (Å²) in [5.41, 5.74) is 0. The van der Waals surface area contributed by atoms with E-state index in [1.54, 1.807) is 0 Å². The maximum Gasteiger partial charge on any atom is 3.00 e. The van der Waals surface area contributed by atoms with E-state index in [0.717, 1.165) is 0 Å². The minimum Gasteiger partial charge on any atom is -0.542 e. The molecular formula is C6F9MnO6. The SMILES string of the molecule is O=C([O-])C(F)(F)F.O=C([O-])C(F)(F)F.O=C([O-])C(F)(F)F.[Mn+3]. The Balaban J connectivity index is -0.000000108. The van der Waals surface area contributed by atoms with Gasteiger partial charge in [0.1, 0.15) is 17.9 Å². The van der Waals surface area contributed by atoms with Crippen LogP contribution in [-0.4, -0.2) is 36.4 Å². The predicted octanol–water partition coefficient (Wildman–Crippen LogP) is -2.11. The van der Waals surface area contributed by atoms with Crippen molar-refractivity contribution in [3.8, 4) is 0 Å². The van der Waals surface area contributed by atoms with Crippen LogP contribution < -0.4 is 15.3 Å². The van der Waals surface area contributed by atoms with Gasteiger partial charge in [-0.15, -0.1) is 0 Å². The Hall–Kier alpha value is -1.70. The van der Waals surface area contributed by atoms with Gasteiger partial charge in [0.25, 0.3) is 0 Å². The van der Waals surface area contributed by atoms with Gasteiger partial charge in [-0.1, -0.05) is 0 Å². The molecule has 0 fully saturated rings. The van der Waals surface area contributed by atoms with E-state index in [2.05, 4.69) is 0 Å². The zero-order valence-electron chi connectivity index (χ0n) is 9.23. The molecule has 0 spiro atoms. The summed E-state index contributed by atoms with van der Waals surface area (Å²) in [6.07, 6.45) is -15.6. The molecule has 0 aliphatic heterocycles. The summed E-state index contributed by atoms with van der Waals surface area (Å²) in [6, 6.07) is 0. The first-order chi connectivity index (χ1) is 8.83. The third-order valence-electron chi connectivity index (χ3n) is 0.694. The van der Waals surface area contributed by atoms with Crippen molar-refractivity contribution in [2.24, 2.45) is 0 Å². The van der Waals surface area contributed by atoms with Gasteiger partial charge in [0, 0.05) is 0 Å². The van der Waals surface area contributed by atoms with Crippen LogP contribution >= 0.6 is 0 Å². The van der Waals surface area contributed by atoms with E-state index in [9.17, 15) is 39.5 Å². The van der Waals surface area contributed by atoms with Crippen LogP contribution in [0.5, 0.6) is 0 Å². The van der Waals surface area contributed by atoms with Gasteiger partial charge in [-0.05, 0) is 0 Å². The standard InChI is InChI=1S/3C2HF3O2.Mn/c3*3-2(4,5)1(6)7;/h3*(H,6,7);/q;;;+3/p-3. The molecule has 0 saturated carbocycles. The molecule has 0 atom stereocenters. The fourth-order valence-electron chi connectivity index (χ4n) is 0. The molecule has 0 aliphatic rings. The quantitative estimate of drug-likeness (QED) is 0.343. The summed E-state index contributed by atoms with van der Waals surface area (Å²) in [7, 11) is 0. The first-order valence-electron chi connectivity index (χ1n) is 3.68. The second-order valence-electron chi connectivity index (χ2n) is 2.36. The molecule has 16 heteroatoms. The number of carboxylic acids is 3. The van der Waals surface area contributed by atoms with Crippen LogP contribution in [0, 0.1) is 0 Å². The minimum atomic E-state index is -5.19. The van der Waals surface area contributed by atoms with Gasteiger partial charge in [0.2, 0.25) is 0 Å². The van der Waals surface area contributed by atoms with E-state index in [1.807, 2.05) is 0 Å². The normalized spacial score (nSPS) is 10.8. The molecule has 0 heterocycles. The van der Waals surface area contributed by atoms with Crippen LogP contribution in [0.1, 0.15) is 0 Å². The van der Waals surface area contributed by atoms with Gasteiger partial charge < -0.3 is 29.7 Å². The van der Waals surface area contributed by atoms with Crippen LogP contribution in [0.2, 0.25) is 0 Å². The smallest absolute Gasteiger partial charge is 0.542 e. The molecule has 0 aromatic heterocycles. The Morgan fingerprint density at radius 1 is 0.500 bits per heavy atom. The van der Waals surface area contributed by atoms with Crippen molar-refractivity contribution in [2.45, 2.75) is 18.5 Å². The summed E-state index contributed by atoms with van der Waals surface area (Å²) in [5.74, 6) is -9.02. The monoisotopic (exact) mass is 394 g/mol. The number of rotatable bonds is 0. The Kier molecular flexibility index (Phi) is 13.1. The van der Waals surface area contributed by atoms with E-state index >= 15 is 0 Å². The van der Waals surface area contributed by atoms with Crippen LogP contribution in [0.4, 0.5) is 39.5 Å². The van der Waals surface area contributed by atoms with E-state index < -0.39 is 36.4 Å². The maximum atomic E-state index is 10.5. The molecule has 0 aromatic carbocycles. The van der Waals surface area contributed by atoms with E-state index in [-0.39, 0.29) is 17.1 Å². The zero-order valence-corrected chi connectivity index (χ0v) is 10.4. The van der Waals surface area contributed by atoms with Crippen molar-refractivity contribution in [1.29, 1.82) is 0 Å². The third kappa shape index (κ3) is 20.6. The Bertz CT molecular complexity index is 313. The second-order valence-corrected chi connectivity index (χ2v) is 2.36. The number of carboxylic acid groups (broad SMARTS) is 3. The molecule has 0 saturated heterocycles. The van der Waals surface area contributed by atoms with Crippen molar-refractivity contribution in [3.63, 3.8) is 0 Å². The topological polar surface area (TPSA) is 120 Å². The number of alkyl halides is 9. The summed E-state index contributed by atoms with van der Waals surface area (Å²) >= 11 is 0.